The van der Waals surface area contributed by atoms with Crippen LogP contribution in [0.4, 0.5) is 18.9 Å². The molecule has 1 heterocycles. The van der Waals surface area contributed by atoms with Crippen molar-refractivity contribution in [2.45, 2.75) is 37.1 Å². The van der Waals surface area contributed by atoms with Gasteiger partial charge in [-0.05, 0) is 68.3 Å². The number of hydrogen-bond acceptors (Lipinski definition) is 6. The summed E-state index contributed by atoms with van der Waals surface area (Å²) < 4.78 is 71.9. The molecule has 0 saturated carbocycles. The van der Waals surface area contributed by atoms with Crippen LogP contribution in [0.5, 0.6) is 5.75 Å². The van der Waals surface area contributed by atoms with Gasteiger partial charge >= 0.3 is 12.3 Å². The summed E-state index contributed by atoms with van der Waals surface area (Å²) in [7, 11) is -3.62. The number of hydrogen-bond donors (Lipinski definition) is 1. The van der Waals surface area contributed by atoms with E-state index in [1.54, 1.807) is 0 Å². The van der Waals surface area contributed by atoms with Gasteiger partial charge in [-0.2, -0.15) is 4.31 Å². The first-order chi connectivity index (χ1) is 15.5. The van der Waals surface area contributed by atoms with Crippen LogP contribution in [0.3, 0.4) is 0 Å². The third-order valence-electron chi connectivity index (χ3n) is 4.80. The van der Waals surface area contributed by atoms with Crippen molar-refractivity contribution in [1.29, 1.82) is 0 Å². The first kappa shape index (κ1) is 24.5. The molecule has 1 N–H and O–H groups in total. The normalized spacial score (nSPS) is 15.6. The lowest BCUT2D eigenvalue weighted by atomic mass is 10.2. The number of alkyl halides is 3. The highest BCUT2D eigenvalue weighted by molar-refractivity contribution is 7.89. The van der Waals surface area contributed by atoms with Crippen LogP contribution in [-0.4, -0.2) is 50.2 Å². The molecule has 33 heavy (non-hydrogen) atoms. The zero-order valence-electron chi connectivity index (χ0n) is 17.5. The number of rotatable bonds is 7. The van der Waals surface area contributed by atoms with Crippen LogP contribution in [0, 0.1) is 0 Å². The Hall–Kier alpha value is -3.12. The number of sulfonamides is 1. The second-order valence-corrected chi connectivity index (χ2v) is 9.18. The number of benzene rings is 2. The maximum absolute atomic E-state index is 12.5. The molecule has 0 radical (unpaired) electrons. The Labute approximate surface area is 188 Å². The Morgan fingerprint density at radius 2 is 1.58 bits per heavy atom. The summed E-state index contributed by atoms with van der Waals surface area (Å²) in [6.07, 6.45) is -4.45. The van der Waals surface area contributed by atoms with Crippen molar-refractivity contribution >= 4 is 27.6 Å². The molecule has 1 fully saturated rings. The molecule has 1 atom stereocenters. The minimum atomic E-state index is -4.83. The van der Waals surface area contributed by atoms with E-state index in [2.05, 4.69) is 10.1 Å². The summed E-state index contributed by atoms with van der Waals surface area (Å²) in [6, 6.07) is 9.67. The molecule has 1 amide bonds. The first-order valence-corrected chi connectivity index (χ1v) is 11.4. The van der Waals surface area contributed by atoms with E-state index in [9.17, 15) is 31.2 Å². The van der Waals surface area contributed by atoms with Crippen LogP contribution < -0.4 is 10.1 Å². The summed E-state index contributed by atoms with van der Waals surface area (Å²) >= 11 is 0. The highest BCUT2D eigenvalue weighted by Crippen LogP contribution is 2.24. The lowest BCUT2D eigenvalue weighted by Gasteiger charge is -2.16. The van der Waals surface area contributed by atoms with Gasteiger partial charge in [0, 0.05) is 18.8 Å². The SMILES string of the molecule is CC(OC(=O)c1ccc(S(=O)(=O)N2CCCC2)cc1)C(=O)Nc1ccc(OC(F)(F)F)cc1. The fourth-order valence-corrected chi connectivity index (χ4v) is 4.62. The van der Waals surface area contributed by atoms with E-state index < -0.39 is 40.1 Å². The van der Waals surface area contributed by atoms with E-state index >= 15 is 0 Å². The van der Waals surface area contributed by atoms with E-state index in [1.807, 2.05) is 0 Å². The molecule has 0 aliphatic carbocycles. The lowest BCUT2D eigenvalue weighted by Crippen LogP contribution is -2.30. The molecule has 1 aliphatic heterocycles. The number of carbonyl (C=O) groups excluding carboxylic acids is 2. The van der Waals surface area contributed by atoms with E-state index in [0.29, 0.717) is 13.1 Å². The molecule has 1 aliphatic rings. The van der Waals surface area contributed by atoms with Gasteiger partial charge in [-0.15, -0.1) is 13.2 Å². The molecule has 2 aromatic rings. The van der Waals surface area contributed by atoms with Crippen LogP contribution in [0.25, 0.3) is 0 Å². The Morgan fingerprint density at radius 3 is 2.12 bits per heavy atom. The Bertz CT molecular complexity index is 1100. The summed E-state index contributed by atoms with van der Waals surface area (Å²) in [4.78, 5) is 24.6. The third kappa shape index (κ3) is 6.45. The van der Waals surface area contributed by atoms with Gasteiger partial charge in [-0.1, -0.05) is 0 Å². The third-order valence-corrected chi connectivity index (χ3v) is 6.71. The minimum absolute atomic E-state index is 0.0590. The van der Waals surface area contributed by atoms with Crippen molar-refractivity contribution in [3.8, 4) is 5.75 Å². The standard InChI is InChI=1S/C21H21F3N2O6S/c1-14(19(27)25-16-6-8-17(9-7-16)32-21(22,23)24)31-20(28)15-4-10-18(11-5-15)33(29,30)26-12-2-3-13-26/h4-11,14H,2-3,12-13H2,1H3,(H,25,27). The molecule has 0 bridgehead atoms. The number of nitrogens with one attached hydrogen (secondary N) is 1. The van der Waals surface area contributed by atoms with Crippen LogP contribution in [0.15, 0.2) is 53.4 Å². The van der Waals surface area contributed by atoms with Crippen molar-refractivity contribution in [2.24, 2.45) is 0 Å². The van der Waals surface area contributed by atoms with Crippen LogP contribution in [-0.2, 0) is 19.6 Å². The van der Waals surface area contributed by atoms with Crippen molar-refractivity contribution in [3.63, 3.8) is 0 Å². The maximum atomic E-state index is 12.5. The van der Waals surface area contributed by atoms with Crippen molar-refractivity contribution in [2.75, 3.05) is 18.4 Å². The lowest BCUT2D eigenvalue weighted by molar-refractivity contribution is -0.274. The largest absolute Gasteiger partial charge is 0.573 e. The minimum Gasteiger partial charge on any atom is -0.449 e. The molecule has 178 valence electrons. The number of nitrogens with zero attached hydrogens (tertiary/aromatic N) is 1. The molecule has 2 aromatic carbocycles. The smallest absolute Gasteiger partial charge is 0.449 e. The number of ether oxygens (including phenoxy) is 2. The second-order valence-electron chi connectivity index (χ2n) is 7.24. The number of esters is 1. The van der Waals surface area contributed by atoms with Gasteiger partial charge in [0.1, 0.15) is 5.75 Å². The Balaban J connectivity index is 1.56. The van der Waals surface area contributed by atoms with Gasteiger partial charge in [-0.25, -0.2) is 13.2 Å². The topological polar surface area (TPSA) is 102 Å². The molecule has 0 aromatic heterocycles. The Kier molecular flexibility index (Phi) is 7.28. The molecule has 1 saturated heterocycles. The molecule has 0 spiro atoms. The highest BCUT2D eigenvalue weighted by Gasteiger charge is 2.31. The van der Waals surface area contributed by atoms with Gasteiger partial charge in [0.25, 0.3) is 5.91 Å². The average Bonchev–Trinajstić information content (AvgIpc) is 3.30. The average molecular weight is 486 g/mol. The summed E-state index contributed by atoms with van der Waals surface area (Å²) in [5.41, 5.74) is 0.234. The van der Waals surface area contributed by atoms with Gasteiger partial charge < -0.3 is 14.8 Å². The number of anilines is 1. The van der Waals surface area contributed by atoms with Gasteiger partial charge in [0.2, 0.25) is 10.0 Å². The number of carbonyl (C=O) groups is 2. The molecule has 1 unspecified atom stereocenters. The van der Waals surface area contributed by atoms with Crippen molar-refractivity contribution in [3.05, 3.63) is 54.1 Å². The van der Waals surface area contributed by atoms with E-state index in [4.69, 9.17) is 4.74 Å². The van der Waals surface area contributed by atoms with Crippen molar-refractivity contribution in [1.82, 2.24) is 4.31 Å². The van der Waals surface area contributed by atoms with Crippen LogP contribution in [0.2, 0.25) is 0 Å². The molecular formula is C21H21F3N2O6S. The zero-order valence-corrected chi connectivity index (χ0v) is 18.3. The molecule has 12 heteroatoms. The van der Waals surface area contributed by atoms with Gasteiger partial charge in [-0.3, -0.25) is 4.79 Å². The number of halogens is 3. The molecule has 8 nitrogen and oxygen atoms in total. The maximum Gasteiger partial charge on any atom is 0.573 e. The predicted molar refractivity (Wildman–Crippen MR) is 111 cm³/mol. The fourth-order valence-electron chi connectivity index (χ4n) is 3.11. The van der Waals surface area contributed by atoms with Gasteiger partial charge in [0.05, 0.1) is 10.5 Å². The zero-order chi connectivity index (χ0) is 24.2. The van der Waals surface area contributed by atoms with Crippen molar-refractivity contribution < 1.29 is 40.7 Å². The molecular weight excluding hydrogens is 465 g/mol. The summed E-state index contributed by atoms with van der Waals surface area (Å²) in [5.74, 6) is -1.99. The highest BCUT2D eigenvalue weighted by atomic mass is 32.2. The quantitative estimate of drug-likeness (QED) is 0.601. The van der Waals surface area contributed by atoms with Gasteiger partial charge in [0.15, 0.2) is 6.10 Å². The Morgan fingerprint density at radius 1 is 1.00 bits per heavy atom. The fraction of sp³-hybridized carbons (Fsp3) is 0.333. The molecule has 3 rings (SSSR count). The monoisotopic (exact) mass is 486 g/mol. The first-order valence-electron chi connectivity index (χ1n) is 9.93. The summed E-state index contributed by atoms with van der Waals surface area (Å²) in [5, 5.41) is 2.41. The summed E-state index contributed by atoms with van der Waals surface area (Å²) in [6.45, 7) is 2.23. The van der Waals surface area contributed by atoms with E-state index in [-0.39, 0.29) is 16.1 Å². The van der Waals surface area contributed by atoms with Crippen LogP contribution >= 0.6 is 0 Å². The second kappa shape index (κ2) is 9.79. The number of amides is 1. The van der Waals surface area contributed by atoms with E-state index in [0.717, 1.165) is 25.0 Å². The van der Waals surface area contributed by atoms with E-state index in [1.165, 1.54) is 47.6 Å². The predicted octanol–water partition coefficient (Wildman–Crippen LogP) is 3.55. The van der Waals surface area contributed by atoms with Crippen LogP contribution in [0.1, 0.15) is 30.1 Å².